The first-order chi connectivity index (χ1) is 12.7. The summed E-state index contributed by atoms with van der Waals surface area (Å²) in [6.07, 6.45) is 1.25. The maximum absolute atomic E-state index is 12.0. The van der Waals surface area contributed by atoms with Crippen molar-refractivity contribution in [2.45, 2.75) is 24.9 Å². The van der Waals surface area contributed by atoms with Crippen LogP contribution in [-0.2, 0) is 4.74 Å². The van der Waals surface area contributed by atoms with Gasteiger partial charge in [0.2, 0.25) is 0 Å². The van der Waals surface area contributed by atoms with Gasteiger partial charge in [-0.1, -0.05) is 41.4 Å². The number of alkyl halides is 1. The zero-order valence-corrected chi connectivity index (χ0v) is 15.5. The zero-order chi connectivity index (χ0) is 18.1. The minimum atomic E-state index is -0.513. The van der Waals surface area contributed by atoms with Gasteiger partial charge in [0.1, 0.15) is 5.75 Å². The second kappa shape index (κ2) is 7.25. The Morgan fingerprint density at radius 2 is 2.12 bits per heavy atom. The largest absolute Gasteiger partial charge is 0.455 e. The molecule has 0 spiro atoms. The number of piperidine rings is 1. The second-order valence-electron chi connectivity index (χ2n) is 6.32. The molecule has 5 nitrogen and oxygen atoms in total. The molecule has 2 heterocycles. The monoisotopic (exact) mass is 392 g/mol. The lowest BCUT2D eigenvalue weighted by Crippen LogP contribution is -2.50. The van der Waals surface area contributed by atoms with E-state index >= 15 is 0 Å². The average molecular weight is 393 g/mol. The molecule has 0 unspecified atom stereocenters. The Bertz CT molecular complexity index is 830. The maximum atomic E-state index is 12.0. The van der Waals surface area contributed by atoms with Crippen LogP contribution in [0, 0.1) is 0 Å². The van der Waals surface area contributed by atoms with Gasteiger partial charge in [-0.25, -0.2) is 4.79 Å². The number of halogens is 2. The molecule has 2 aliphatic rings. The molecule has 0 aliphatic carbocycles. The Labute approximate surface area is 161 Å². The molecule has 2 aromatic rings. The van der Waals surface area contributed by atoms with E-state index in [1.54, 1.807) is 0 Å². The quantitative estimate of drug-likeness (QED) is 0.724. The molecule has 136 valence electrons. The van der Waals surface area contributed by atoms with E-state index in [-0.39, 0.29) is 18.1 Å². The molecule has 0 aromatic heterocycles. The number of fused-ring (bicyclic) bond motifs is 5. The van der Waals surface area contributed by atoms with Gasteiger partial charge in [-0.15, -0.1) is 0 Å². The third kappa shape index (κ3) is 3.17. The fourth-order valence-electron chi connectivity index (χ4n) is 3.78. The van der Waals surface area contributed by atoms with Crippen LogP contribution in [-0.4, -0.2) is 24.7 Å². The van der Waals surface area contributed by atoms with Crippen LogP contribution in [0.4, 0.5) is 10.5 Å². The van der Waals surface area contributed by atoms with Crippen LogP contribution >= 0.6 is 23.2 Å². The summed E-state index contributed by atoms with van der Waals surface area (Å²) < 4.78 is 11.1. The summed E-state index contributed by atoms with van der Waals surface area (Å²) in [5.74, 6) is 1.54. The summed E-state index contributed by atoms with van der Waals surface area (Å²) in [6.45, 7) is 0.846. The SMILES string of the molecule is O=C(N[C@@H]1CCCN2c3cc(Cl)ccc3Oc3ccccc3[C@@H]12)OCCl. The van der Waals surface area contributed by atoms with Crippen molar-refractivity contribution in [3.63, 3.8) is 0 Å². The number of alkyl carbamates (subject to hydrolysis) is 1. The number of nitrogens with zero attached hydrogens (tertiary/aromatic N) is 1. The topological polar surface area (TPSA) is 50.8 Å². The number of carbonyl (C=O) groups excluding carboxylic acids is 1. The molecule has 0 saturated carbocycles. The van der Waals surface area contributed by atoms with Crippen molar-refractivity contribution < 1.29 is 14.3 Å². The molecule has 2 aromatic carbocycles. The number of benzene rings is 2. The molecule has 2 aliphatic heterocycles. The first-order valence-corrected chi connectivity index (χ1v) is 9.41. The van der Waals surface area contributed by atoms with Gasteiger partial charge < -0.3 is 19.7 Å². The van der Waals surface area contributed by atoms with E-state index in [0.717, 1.165) is 42.1 Å². The lowest BCUT2D eigenvalue weighted by Gasteiger charge is -2.42. The number of rotatable bonds is 2. The molecule has 1 fully saturated rings. The number of amides is 1. The highest BCUT2D eigenvalue weighted by molar-refractivity contribution is 6.31. The summed E-state index contributed by atoms with van der Waals surface area (Å²) >= 11 is 11.8. The number of anilines is 1. The van der Waals surface area contributed by atoms with E-state index in [4.69, 9.17) is 32.7 Å². The zero-order valence-electron chi connectivity index (χ0n) is 14.0. The summed E-state index contributed by atoms with van der Waals surface area (Å²) in [7, 11) is 0. The maximum Gasteiger partial charge on any atom is 0.408 e. The van der Waals surface area contributed by atoms with Gasteiger partial charge in [0.25, 0.3) is 0 Å². The molecule has 0 bridgehead atoms. The van der Waals surface area contributed by atoms with E-state index in [9.17, 15) is 4.79 Å². The van der Waals surface area contributed by atoms with Gasteiger partial charge in [-0.3, -0.25) is 0 Å². The van der Waals surface area contributed by atoms with Gasteiger partial charge in [-0.05, 0) is 37.1 Å². The summed E-state index contributed by atoms with van der Waals surface area (Å²) in [5.41, 5.74) is 1.95. The Morgan fingerprint density at radius 3 is 2.96 bits per heavy atom. The highest BCUT2D eigenvalue weighted by atomic mass is 35.5. The van der Waals surface area contributed by atoms with Gasteiger partial charge in [0.05, 0.1) is 17.8 Å². The molecule has 1 saturated heterocycles. The predicted molar refractivity (Wildman–Crippen MR) is 101 cm³/mol. The van der Waals surface area contributed by atoms with Crippen molar-refractivity contribution in [1.82, 2.24) is 5.32 Å². The van der Waals surface area contributed by atoms with E-state index in [2.05, 4.69) is 10.2 Å². The number of para-hydroxylation sites is 1. The number of hydrogen-bond donors (Lipinski definition) is 1. The molecule has 1 N–H and O–H groups in total. The van der Waals surface area contributed by atoms with Crippen molar-refractivity contribution in [2.24, 2.45) is 0 Å². The molecular weight excluding hydrogens is 375 g/mol. The van der Waals surface area contributed by atoms with Crippen LogP contribution in [0.3, 0.4) is 0 Å². The molecule has 1 amide bonds. The Balaban J connectivity index is 1.80. The van der Waals surface area contributed by atoms with E-state index in [0.29, 0.717) is 5.02 Å². The van der Waals surface area contributed by atoms with E-state index < -0.39 is 6.09 Å². The fraction of sp³-hybridized carbons (Fsp3) is 0.316. The lowest BCUT2D eigenvalue weighted by molar-refractivity contribution is 0.155. The van der Waals surface area contributed by atoms with Crippen LogP contribution in [0.25, 0.3) is 0 Å². The molecule has 26 heavy (non-hydrogen) atoms. The van der Waals surface area contributed by atoms with Crippen LogP contribution in [0.1, 0.15) is 24.4 Å². The van der Waals surface area contributed by atoms with Crippen molar-refractivity contribution in [1.29, 1.82) is 0 Å². The van der Waals surface area contributed by atoms with Gasteiger partial charge in [-0.2, -0.15) is 0 Å². The van der Waals surface area contributed by atoms with Crippen LogP contribution in [0.2, 0.25) is 5.02 Å². The van der Waals surface area contributed by atoms with Crippen LogP contribution < -0.4 is 15.0 Å². The van der Waals surface area contributed by atoms with Crippen molar-refractivity contribution in [3.8, 4) is 11.5 Å². The molecule has 2 atom stereocenters. The number of hydrogen-bond acceptors (Lipinski definition) is 4. The van der Waals surface area contributed by atoms with Gasteiger partial charge in [0, 0.05) is 17.1 Å². The van der Waals surface area contributed by atoms with Crippen LogP contribution in [0.15, 0.2) is 42.5 Å². The highest BCUT2D eigenvalue weighted by Crippen LogP contribution is 2.48. The molecular formula is C19H18Cl2N2O3. The number of nitrogens with one attached hydrogen (secondary N) is 1. The molecule has 0 radical (unpaired) electrons. The Hall–Kier alpha value is -2.11. The van der Waals surface area contributed by atoms with Crippen molar-refractivity contribution >= 4 is 35.0 Å². The third-order valence-corrected chi connectivity index (χ3v) is 5.15. The lowest BCUT2D eigenvalue weighted by atomic mass is 9.89. The minimum Gasteiger partial charge on any atom is -0.455 e. The first kappa shape index (κ1) is 17.3. The minimum absolute atomic E-state index is 0.0810. The van der Waals surface area contributed by atoms with E-state index in [1.807, 2.05) is 42.5 Å². The summed E-state index contributed by atoms with van der Waals surface area (Å²) in [6, 6.07) is 13.1. The first-order valence-electron chi connectivity index (χ1n) is 8.49. The highest BCUT2D eigenvalue weighted by Gasteiger charge is 2.38. The Morgan fingerprint density at radius 1 is 1.27 bits per heavy atom. The molecule has 4 rings (SSSR count). The second-order valence-corrected chi connectivity index (χ2v) is 6.98. The fourth-order valence-corrected chi connectivity index (χ4v) is 4.05. The van der Waals surface area contributed by atoms with Gasteiger partial charge >= 0.3 is 6.09 Å². The smallest absolute Gasteiger partial charge is 0.408 e. The summed E-state index contributed by atoms with van der Waals surface area (Å²) in [5, 5.41) is 3.60. The average Bonchev–Trinajstić information content (AvgIpc) is 2.77. The van der Waals surface area contributed by atoms with Crippen molar-refractivity contribution in [2.75, 3.05) is 17.5 Å². The molecule has 7 heteroatoms. The van der Waals surface area contributed by atoms with Crippen molar-refractivity contribution in [3.05, 3.63) is 53.1 Å². The van der Waals surface area contributed by atoms with Crippen LogP contribution in [0.5, 0.6) is 11.5 Å². The number of carbonyl (C=O) groups is 1. The standard InChI is InChI=1S/C19H18Cl2N2O3/c20-11-25-19(24)22-14-5-3-9-23-15-10-12(21)7-8-17(15)26-16-6-2-1-4-13(16)18(14)23/h1-2,4,6-8,10,14,18H,3,5,9,11H2,(H,22,24)/t14-,18+/m1/s1. The van der Waals surface area contributed by atoms with E-state index in [1.165, 1.54) is 0 Å². The Kier molecular flexibility index (Phi) is 4.83. The third-order valence-electron chi connectivity index (χ3n) is 4.81. The normalized spacial score (nSPS) is 20.8. The predicted octanol–water partition coefficient (Wildman–Crippen LogP) is 5.08. The number of ether oxygens (including phenoxy) is 2. The van der Waals surface area contributed by atoms with Gasteiger partial charge in [0.15, 0.2) is 11.8 Å². The summed E-state index contributed by atoms with van der Waals surface area (Å²) in [4.78, 5) is 14.2.